The first kappa shape index (κ1) is 36.6. The van der Waals surface area contributed by atoms with Gasteiger partial charge in [0.05, 0.1) is 0 Å². The monoisotopic (exact) mass is 388 g/mol. The normalized spacial score (nSPS) is 8.64. The maximum atomic E-state index is 3.72. The second kappa shape index (κ2) is 49.7. The van der Waals surface area contributed by atoms with E-state index >= 15 is 0 Å². The largest absolute Gasteiger partial charge is 4.00 e. The van der Waals surface area contributed by atoms with Crippen LogP contribution in [-0.2, 0) is 21.7 Å². The zero-order valence-electron chi connectivity index (χ0n) is 18.6. The van der Waals surface area contributed by atoms with Crippen molar-refractivity contribution in [1.82, 2.24) is 0 Å². The van der Waals surface area contributed by atoms with Crippen LogP contribution in [0, 0.1) is 27.7 Å². The molecule has 0 nitrogen and oxygen atoms in total. The number of hydrogen-bond donors (Lipinski definition) is 0. The van der Waals surface area contributed by atoms with Crippen LogP contribution < -0.4 is 0 Å². The van der Waals surface area contributed by atoms with E-state index in [4.69, 9.17) is 0 Å². The summed E-state index contributed by atoms with van der Waals surface area (Å²) < 4.78 is 0. The molecule has 0 aliphatic rings. The quantitative estimate of drug-likeness (QED) is 0.177. The summed E-state index contributed by atoms with van der Waals surface area (Å²) in [7, 11) is 0. The topological polar surface area (TPSA) is 0 Å². The average Bonchev–Trinajstić information content (AvgIpc) is 2.62. The zero-order chi connectivity index (χ0) is 19.3. The molecule has 0 heterocycles. The van der Waals surface area contributed by atoms with Gasteiger partial charge in [-0.2, -0.15) is 25.7 Å². The zero-order valence-corrected chi connectivity index (χ0v) is 20.2. The van der Waals surface area contributed by atoms with Crippen LogP contribution in [-0.4, -0.2) is 0 Å². The van der Waals surface area contributed by atoms with Gasteiger partial charge in [0.15, 0.2) is 0 Å². The Hall–Kier alpha value is 0.714. The van der Waals surface area contributed by atoms with Crippen molar-refractivity contribution in [3.63, 3.8) is 0 Å². The Kier molecular flexibility index (Phi) is 72.8. The molecule has 0 unspecified atom stereocenters. The van der Waals surface area contributed by atoms with Crippen molar-refractivity contribution in [2.24, 2.45) is 0 Å². The van der Waals surface area contributed by atoms with Crippen LogP contribution in [0.5, 0.6) is 0 Å². The predicted molar refractivity (Wildman–Crippen MR) is 118 cm³/mol. The van der Waals surface area contributed by atoms with E-state index in [0.717, 1.165) is 25.7 Å². The van der Waals surface area contributed by atoms with E-state index in [-0.39, 0.29) is 21.7 Å². The fourth-order valence-corrected chi connectivity index (χ4v) is 1.71. The Balaban J connectivity index is -0.0000000702. The molecule has 0 amide bonds. The van der Waals surface area contributed by atoms with Crippen molar-refractivity contribution < 1.29 is 21.7 Å². The molecule has 0 bridgehead atoms. The van der Waals surface area contributed by atoms with Crippen LogP contribution in [0.3, 0.4) is 0 Å². The van der Waals surface area contributed by atoms with E-state index in [9.17, 15) is 0 Å². The van der Waals surface area contributed by atoms with E-state index in [1.165, 1.54) is 77.0 Å². The summed E-state index contributed by atoms with van der Waals surface area (Å²) in [6.07, 6.45) is 20.3. The SMILES string of the molecule is [CH2-]CCCCC.[CH2-]CCCCC.[CH2-]CCCCC.[CH2-]CCCCC.[Ti+4]. The van der Waals surface area contributed by atoms with Crippen molar-refractivity contribution in [3.05, 3.63) is 27.7 Å². The van der Waals surface area contributed by atoms with Gasteiger partial charge in [0.2, 0.25) is 0 Å². The molecule has 0 aliphatic carbocycles. The second-order valence-corrected chi connectivity index (χ2v) is 6.24. The molecule has 0 saturated carbocycles. The molecule has 0 aromatic rings. The first-order valence-electron chi connectivity index (χ1n) is 10.8. The van der Waals surface area contributed by atoms with E-state index in [1.807, 2.05) is 0 Å². The standard InChI is InChI=1S/4C6H13.Ti/c4*1-3-5-6-4-2;/h4*1,3-6H2,2H3;/q4*-1;+4. The molecule has 0 aliphatic heterocycles. The number of unbranched alkanes of at least 4 members (excludes halogenated alkanes) is 12. The molecule has 0 fully saturated rings. The first-order chi connectivity index (χ1) is 11.7. The van der Waals surface area contributed by atoms with Gasteiger partial charge in [-0.1, -0.05) is 105 Å². The van der Waals surface area contributed by atoms with Gasteiger partial charge in [-0.25, -0.2) is 0 Å². The van der Waals surface area contributed by atoms with E-state index in [2.05, 4.69) is 55.4 Å². The Bertz CT molecular complexity index is 86.1. The first-order valence-corrected chi connectivity index (χ1v) is 10.8. The Morgan fingerprint density at radius 1 is 0.360 bits per heavy atom. The molecule has 25 heavy (non-hydrogen) atoms. The summed E-state index contributed by atoms with van der Waals surface area (Å²) in [5, 5.41) is 0. The molecule has 0 aromatic carbocycles. The van der Waals surface area contributed by atoms with Gasteiger partial charge in [-0.05, 0) is 0 Å². The Morgan fingerprint density at radius 3 is 0.560 bits per heavy atom. The van der Waals surface area contributed by atoms with Crippen molar-refractivity contribution in [3.8, 4) is 0 Å². The summed E-state index contributed by atoms with van der Waals surface area (Å²) in [6.45, 7) is 23.7. The van der Waals surface area contributed by atoms with E-state index < -0.39 is 0 Å². The smallest absolute Gasteiger partial charge is 0.343 e. The van der Waals surface area contributed by atoms with Gasteiger partial charge >= 0.3 is 21.7 Å². The Morgan fingerprint density at radius 2 is 0.520 bits per heavy atom. The fourth-order valence-electron chi connectivity index (χ4n) is 1.71. The molecule has 0 atom stereocenters. The third-order valence-corrected chi connectivity index (χ3v) is 3.41. The van der Waals surface area contributed by atoms with Crippen LogP contribution >= 0.6 is 0 Å². The molecule has 0 aromatic heterocycles. The van der Waals surface area contributed by atoms with E-state index in [0.29, 0.717) is 0 Å². The molecular weight excluding hydrogens is 336 g/mol. The molecular formula is C24H52Ti. The summed E-state index contributed by atoms with van der Waals surface area (Å²) in [4.78, 5) is 0. The maximum absolute atomic E-state index is 3.72. The van der Waals surface area contributed by atoms with Gasteiger partial charge in [-0.15, -0.1) is 0 Å². The maximum Gasteiger partial charge on any atom is 4.00 e. The number of rotatable bonds is 12. The van der Waals surface area contributed by atoms with Crippen LogP contribution in [0.4, 0.5) is 0 Å². The molecule has 0 saturated heterocycles. The van der Waals surface area contributed by atoms with Gasteiger partial charge in [0.1, 0.15) is 0 Å². The third-order valence-electron chi connectivity index (χ3n) is 3.41. The Labute approximate surface area is 179 Å². The summed E-state index contributed by atoms with van der Waals surface area (Å²) in [6, 6.07) is 0. The van der Waals surface area contributed by atoms with Crippen LogP contribution in [0.1, 0.15) is 130 Å². The van der Waals surface area contributed by atoms with Crippen molar-refractivity contribution in [1.29, 1.82) is 0 Å². The van der Waals surface area contributed by atoms with Gasteiger partial charge in [-0.3, -0.25) is 0 Å². The fraction of sp³-hybridized carbons (Fsp3) is 0.833. The van der Waals surface area contributed by atoms with E-state index in [1.54, 1.807) is 0 Å². The van der Waals surface area contributed by atoms with Crippen molar-refractivity contribution >= 4 is 0 Å². The summed E-state index contributed by atoms with van der Waals surface area (Å²) >= 11 is 0. The van der Waals surface area contributed by atoms with Gasteiger partial charge in [0.25, 0.3) is 0 Å². The molecule has 0 rings (SSSR count). The predicted octanol–water partition coefficient (Wildman–Crippen LogP) is 9.60. The van der Waals surface area contributed by atoms with Crippen LogP contribution in [0.25, 0.3) is 0 Å². The minimum Gasteiger partial charge on any atom is -0.343 e. The molecule has 0 spiro atoms. The molecule has 0 N–H and O–H groups in total. The summed E-state index contributed by atoms with van der Waals surface area (Å²) in [5.74, 6) is 0. The van der Waals surface area contributed by atoms with Crippen LogP contribution in [0.2, 0.25) is 0 Å². The molecule has 152 valence electrons. The summed E-state index contributed by atoms with van der Waals surface area (Å²) in [5.41, 5.74) is 0. The second-order valence-electron chi connectivity index (χ2n) is 6.24. The molecule has 0 radical (unpaired) electrons. The third kappa shape index (κ3) is 78.9. The minimum atomic E-state index is 0. The van der Waals surface area contributed by atoms with Crippen molar-refractivity contribution in [2.75, 3.05) is 0 Å². The van der Waals surface area contributed by atoms with Gasteiger partial charge < -0.3 is 27.7 Å². The van der Waals surface area contributed by atoms with Crippen LogP contribution in [0.15, 0.2) is 0 Å². The molecule has 1 heteroatoms. The van der Waals surface area contributed by atoms with Crippen molar-refractivity contribution in [2.45, 2.75) is 130 Å². The van der Waals surface area contributed by atoms with Gasteiger partial charge in [0, 0.05) is 0 Å². The minimum absolute atomic E-state index is 0. The number of hydrogen-bond acceptors (Lipinski definition) is 0. The average molecular weight is 389 g/mol.